The van der Waals surface area contributed by atoms with Gasteiger partial charge in [-0.05, 0) is 19.1 Å². The monoisotopic (exact) mass is 331 g/mol. The summed E-state index contributed by atoms with van der Waals surface area (Å²) in [4.78, 5) is 26.0. The van der Waals surface area contributed by atoms with Crippen molar-refractivity contribution in [3.63, 3.8) is 0 Å². The molecule has 0 radical (unpaired) electrons. The van der Waals surface area contributed by atoms with Crippen molar-refractivity contribution >= 4 is 38.7 Å². The average molecular weight is 332 g/mol. The van der Waals surface area contributed by atoms with Crippen LogP contribution in [0.25, 0.3) is 10.9 Å². The van der Waals surface area contributed by atoms with Crippen molar-refractivity contribution in [2.24, 2.45) is 0 Å². The van der Waals surface area contributed by atoms with E-state index in [9.17, 15) is 18.0 Å². The van der Waals surface area contributed by atoms with Gasteiger partial charge in [0.1, 0.15) is 5.56 Å². The highest BCUT2D eigenvalue weighted by molar-refractivity contribution is 7.82. The Morgan fingerprint density at radius 2 is 2.00 bits per heavy atom. The molecule has 0 saturated carbocycles. The summed E-state index contributed by atoms with van der Waals surface area (Å²) in [6, 6.07) is 4.49. The molecule has 0 fully saturated rings. The number of aromatic nitrogens is 1. The van der Waals surface area contributed by atoms with Gasteiger partial charge in [0.05, 0.1) is 17.6 Å². The van der Waals surface area contributed by atoms with Gasteiger partial charge in [-0.3, -0.25) is 9.59 Å². The van der Waals surface area contributed by atoms with Gasteiger partial charge in [-0.15, -0.1) is 0 Å². The molecule has 2 aromatic rings. The number of Topliss-reactive ketones (excluding diaryl/α,β-unsaturated/α-hetero) is 1. The van der Waals surface area contributed by atoms with Crippen LogP contribution in [-0.4, -0.2) is 26.3 Å². The molecule has 0 unspecified atom stereocenters. The molecule has 1 heterocycles. The van der Waals surface area contributed by atoms with Crippen molar-refractivity contribution in [1.82, 2.24) is 4.98 Å². The number of ketones is 1. The van der Waals surface area contributed by atoms with Gasteiger partial charge in [0.25, 0.3) is 5.56 Å². The molecular formula is C12H10ClNO6S. The van der Waals surface area contributed by atoms with Crippen LogP contribution in [-0.2, 0) is 14.6 Å². The number of pyridine rings is 1. The molecule has 0 saturated heterocycles. The number of aromatic amines is 1. The van der Waals surface area contributed by atoms with Gasteiger partial charge in [-0.2, -0.15) is 8.42 Å². The maximum absolute atomic E-state index is 12.0. The minimum absolute atomic E-state index is 0.162. The standard InChI is InChI=1S/C12H10ClNO6S/c1-6(15)9-11(20-21(17,18)19-2)7-4-3-5-8(13)10(7)14-12(9)16/h3-5H,1-2H3,(H,14,16). The number of nitrogens with one attached hydrogen (secondary N) is 1. The summed E-state index contributed by atoms with van der Waals surface area (Å²) < 4.78 is 31.9. The second-order valence-electron chi connectivity index (χ2n) is 4.04. The van der Waals surface area contributed by atoms with Gasteiger partial charge in [0.2, 0.25) is 0 Å². The molecule has 0 bridgehead atoms. The first-order chi connectivity index (χ1) is 9.76. The van der Waals surface area contributed by atoms with E-state index in [0.717, 1.165) is 14.0 Å². The molecule has 21 heavy (non-hydrogen) atoms. The molecule has 0 aliphatic heterocycles. The first-order valence-corrected chi connectivity index (χ1v) is 7.33. The Hall–Kier alpha value is -1.90. The van der Waals surface area contributed by atoms with Crippen molar-refractivity contribution < 1.29 is 21.6 Å². The van der Waals surface area contributed by atoms with Crippen molar-refractivity contribution in [2.75, 3.05) is 7.11 Å². The molecule has 7 nitrogen and oxygen atoms in total. The smallest absolute Gasteiger partial charge is 0.360 e. The second kappa shape index (κ2) is 5.47. The lowest BCUT2D eigenvalue weighted by atomic mass is 10.1. The van der Waals surface area contributed by atoms with Gasteiger partial charge in [-0.1, -0.05) is 17.7 Å². The molecule has 1 aromatic heterocycles. The average Bonchev–Trinajstić information content (AvgIpc) is 2.39. The van der Waals surface area contributed by atoms with Crippen LogP contribution in [0.3, 0.4) is 0 Å². The van der Waals surface area contributed by atoms with Gasteiger partial charge in [-0.25, -0.2) is 4.18 Å². The molecule has 1 N–H and O–H groups in total. The first kappa shape index (κ1) is 15.5. The van der Waals surface area contributed by atoms with Crippen LogP contribution < -0.4 is 9.74 Å². The minimum atomic E-state index is -4.40. The normalized spacial score (nSPS) is 11.6. The molecule has 0 spiro atoms. The van der Waals surface area contributed by atoms with Crippen molar-refractivity contribution in [1.29, 1.82) is 0 Å². The number of hydrogen-bond donors (Lipinski definition) is 1. The number of hydrogen-bond acceptors (Lipinski definition) is 6. The first-order valence-electron chi connectivity index (χ1n) is 5.62. The predicted molar refractivity (Wildman–Crippen MR) is 76.1 cm³/mol. The predicted octanol–water partition coefficient (Wildman–Crippen LogP) is 1.65. The number of carbonyl (C=O) groups excluding carboxylic acids is 1. The van der Waals surface area contributed by atoms with Crippen LogP contribution in [0.2, 0.25) is 5.02 Å². The number of para-hydroxylation sites is 1. The molecule has 1 aromatic carbocycles. The zero-order chi connectivity index (χ0) is 15.8. The third-order valence-electron chi connectivity index (χ3n) is 2.69. The van der Waals surface area contributed by atoms with Crippen molar-refractivity contribution in [3.8, 4) is 5.75 Å². The van der Waals surface area contributed by atoms with Crippen LogP contribution in [0.4, 0.5) is 0 Å². The van der Waals surface area contributed by atoms with E-state index in [0.29, 0.717) is 0 Å². The fourth-order valence-corrected chi connectivity index (χ4v) is 2.46. The van der Waals surface area contributed by atoms with E-state index in [2.05, 4.69) is 9.17 Å². The van der Waals surface area contributed by atoms with E-state index in [4.69, 9.17) is 15.8 Å². The van der Waals surface area contributed by atoms with Crippen LogP contribution >= 0.6 is 11.6 Å². The second-order valence-corrected chi connectivity index (χ2v) is 5.76. The Morgan fingerprint density at radius 3 is 2.57 bits per heavy atom. The molecule has 2 rings (SSSR count). The molecule has 112 valence electrons. The highest BCUT2D eigenvalue weighted by Gasteiger charge is 2.23. The number of rotatable bonds is 4. The van der Waals surface area contributed by atoms with Crippen molar-refractivity contribution in [2.45, 2.75) is 6.92 Å². The zero-order valence-corrected chi connectivity index (χ0v) is 12.5. The Balaban J connectivity index is 2.92. The number of benzene rings is 1. The lowest BCUT2D eigenvalue weighted by Crippen LogP contribution is -2.21. The van der Waals surface area contributed by atoms with E-state index in [1.165, 1.54) is 18.2 Å². The lowest BCUT2D eigenvalue weighted by Gasteiger charge is -2.11. The van der Waals surface area contributed by atoms with E-state index < -0.39 is 33.1 Å². The Kier molecular flexibility index (Phi) is 4.04. The summed E-state index contributed by atoms with van der Waals surface area (Å²) in [6.07, 6.45) is 0. The highest BCUT2D eigenvalue weighted by atomic mass is 35.5. The van der Waals surface area contributed by atoms with Crippen LogP contribution in [0.1, 0.15) is 17.3 Å². The van der Waals surface area contributed by atoms with Crippen molar-refractivity contribution in [3.05, 3.63) is 39.1 Å². The lowest BCUT2D eigenvalue weighted by molar-refractivity contribution is 0.101. The quantitative estimate of drug-likeness (QED) is 0.855. The zero-order valence-electron chi connectivity index (χ0n) is 11.0. The Labute approximate surface area is 124 Å². The fourth-order valence-electron chi connectivity index (χ4n) is 1.80. The SMILES string of the molecule is COS(=O)(=O)Oc1c(C(C)=O)c(=O)[nH]c2c(Cl)cccc12. The highest BCUT2D eigenvalue weighted by Crippen LogP contribution is 2.31. The summed E-state index contributed by atoms with van der Waals surface area (Å²) in [5.74, 6) is -1.06. The Morgan fingerprint density at radius 1 is 1.33 bits per heavy atom. The fraction of sp³-hybridized carbons (Fsp3) is 0.167. The molecule has 9 heteroatoms. The van der Waals surface area contributed by atoms with Gasteiger partial charge in [0.15, 0.2) is 11.5 Å². The molecule has 0 aliphatic rings. The van der Waals surface area contributed by atoms with E-state index in [-0.39, 0.29) is 15.9 Å². The maximum Gasteiger partial charge on any atom is 0.448 e. The summed E-state index contributed by atoms with van der Waals surface area (Å²) in [7, 11) is -3.50. The number of H-pyrrole nitrogens is 1. The maximum atomic E-state index is 12.0. The number of fused-ring (bicyclic) bond motifs is 1. The molecule has 0 atom stereocenters. The van der Waals surface area contributed by atoms with Crippen LogP contribution in [0.5, 0.6) is 5.75 Å². The van der Waals surface area contributed by atoms with E-state index in [1.54, 1.807) is 0 Å². The Bertz CT molecular complexity index is 886. The summed E-state index contributed by atoms with van der Waals surface area (Å²) in [5, 5.41) is 0.354. The third kappa shape index (κ3) is 2.92. The largest absolute Gasteiger partial charge is 0.448 e. The van der Waals surface area contributed by atoms with Gasteiger partial charge < -0.3 is 9.17 Å². The summed E-state index contributed by atoms with van der Waals surface area (Å²) in [6.45, 7) is 1.12. The van der Waals surface area contributed by atoms with E-state index in [1.807, 2.05) is 0 Å². The molecule has 0 amide bonds. The number of carbonyl (C=O) groups is 1. The molecule has 0 aliphatic carbocycles. The third-order valence-corrected chi connectivity index (χ3v) is 3.79. The minimum Gasteiger partial charge on any atom is -0.360 e. The van der Waals surface area contributed by atoms with Gasteiger partial charge >= 0.3 is 10.4 Å². The van der Waals surface area contributed by atoms with Crippen LogP contribution in [0, 0.1) is 0 Å². The van der Waals surface area contributed by atoms with Gasteiger partial charge in [0, 0.05) is 5.39 Å². The topological polar surface area (TPSA) is 103 Å². The van der Waals surface area contributed by atoms with Crippen LogP contribution in [0.15, 0.2) is 23.0 Å². The summed E-state index contributed by atoms with van der Waals surface area (Å²) >= 11 is 5.95. The number of halogens is 1. The summed E-state index contributed by atoms with van der Waals surface area (Å²) in [5.41, 5.74) is -1.06. The molecular weight excluding hydrogens is 322 g/mol. The van der Waals surface area contributed by atoms with E-state index >= 15 is 0 Å².